The van der Waals surface area contributed by atoms with E-state index in [-0.39, 0.29) is 11.6 Å². The maximum atomic E-state index is 12.5. The molecule has 0 unspecified atom stereocenters. The van der Waals surface area contributed by atoms with E-state index in [1.165, 1.54) is 0 Å². The van der Waals surface area contributed by atoms with Crippen molar-refractivity contribution in [1.29, 1.82) is 0 Å². The number of aryl methyl sites for hydroxylation is 2. The van der Waals surface area contributed by atoms with Crippen molar-refractivity contribution in [3.63, 3.8) is 0 Å². The zero-order chi connectivity index (χ0) is 17.7. The molecule has 4 rings (SSSR count). The van der Waals surface area contributed by atoms with Crippen molar-refractivity contribution in [1.82, 2.24) is 9.88 Å². The highest BCUT2D eigenvalue weighted by molar-refractivity contribution is 5.99. The van der Waals surface area contributed by atoms with Gasteiger partial charge in [0.25, 0.3) is 5.56 Å². The number of aromatic nitrogens is 1. The smallest absolute Gasteiger partial charge is 0.251 e. The van der Waals surface area contributed by atoms with Crippen LogP contribution in [0.2, 0.25) is 0 Å². The molecule has 0 radical (unpaired) electrons. The zero-order valence-electron chi connectivity index (χ0n) is 14.9. The number of hydrogen-bond acceptors (Lipinski definition) is 4. The van der Waals surface area contributed by atoms with Crippen LogP contribution in [-0.4, -0.2) is 30.8 Å². The van der Waals surface area contributed by atoms with Gasteiger partial charge < -0.3 is 19.5 Å². The van der Waals surface area contributed by atoms with Crippen LogP contribution < -0.4 is 20.5 Å². The highest BCUT2D eigenvalue weighted by Gasteiger charge is 2.34. The third-order valence-electron chi connectivity index (χ3n) is 5.11. The van der Waals surface area contributed by atoms with E-state index in [9.17, 15) is 4.79 Å². The summed E-state index contributed by atoms with van der Waals surface area (Å²) in [7, 11) is 1.94. The Labute approximate surface area is 147 Å². The molecule has 2 aliphatic heterocycles. The van der Waals surface area contributed by atoms with Gasteiger partial charge in [0.1, 0.15) is 6.61 Å². The Morgan fingerprint density at radius 2 is 2.16 bits per heavy atom. The Balaban J connectivity index is 2.10. The molecule has 0 bridgehead atoms. The van der Waals surface area contributed by atoms with Crippen molar-refractivity contribution in [2.24, 2.45) is 0 Å². The van der Waals surface area contributed by atoms with E-state index in [1.807, 2.05) is 20.9 Å². The number of allylic oxidation sites excluding steroid dienone is 1. The minimum Gasteiger partial charge on any atom is -0.487 e. The van der Waals surface area contributed by atoms with Gasteiger partial charge in [-0.05, 0) is 38.6 Å². The third kappa shape index (κ3) is 2.23. The van der Waals surface area contributed by atoms with Gasteiger partial charge in [-0.25, -0.2) is 0 Å². The molecule has 0 fully saturated rings. The number of fused-ring (bicyclic) bond motifs is 2. The molecule has 0 saturated heterocycles. The summed E-state index contributed by atoms with van der Waals surface area (Å²) in [6.45, 7) is 10.2. The standard InChI is InChI=1S/C20H23N3O2/c1-5-22-17(24)8-12(2)16-9-14-7-6-13(3)23-15(10-21-4)11-25-20(18(14)23)19(16)22/h6-9,15,21H,3,5,10-11H2,1-2,4H3/t15-/m0/s1. The SMILES string of the molecule is C=C1C=Cc2cc3c(C)cc(=O)n(CC)c3c3c2N1[C@@H](CNC)CO3. The van der Waals surface area contributed by atoms with Gasteiger partial charge in [-0.3, -0.25) is 4.79 Å². The van der Waals surface area contributed by atoms with E-state index in [1.54, 1.807) is 10.6 Å². The van der Waals surface area contributed by atoms with E-state index in [0.717, 1.165) is 45.7 Å². The van der Waals surface area contributed by atoms with Crippen LogP contribution in [0.5, 0.6) is 5.75 Å². The summed E-state index contributed by atoms with van der Waals surface area (Å²) in [4.78, 5) is 14.8. The normalized spacial score (nSPS) is 18.4. The van der Waals surface area contributed by atoms with Crippen molar-refractivity contribution >= 4 is 22.7 Å². The molecule has 0 aliphatic carbocycles. The lowest BCUT2D eigenvalue weighted by Gasteiger charge is -2.42. The summed E-state index contributed by atoms with van der Waals surface area (Å²) in [5.74, 6) is 0.799. The Kier molecular flexibility index (Phi) is 3.69. The number of hydrogen-bond donors (Lipinski definition) is 1. The molecule has 25 heavy (non-hydrogen) atoms. The van der Waals surface area contributed by atoms with Crippen molar-refractivity contribution in [3.05, 3.63) is 52.0 Å². The number of anilines is 1. The summed E-state index contributed by atoms with van der Waals surface area (Å²) in [5, 5.41) is 4.30. The summed E-state index contributed by atoms with van der Waals surface area (Å²) in [6, 6.07) is 4.05. The van der Waals surface area contributed by atoms with Crippen molar-refractivity contribution in [3.8, 4) is 5.75 Å². The Morgan fingerprint density at radius 1 is 1.36 bits per heavy atom. The first-order valence-corrected chi connectivity index (χ1v) is 8.71. The number of benzene rings is 1. The minimum atomic E-state index is 0.0152. The molecule has 1 N–H and O–H groups in total. The highest BCUT2D eigenvalue weighted by Crippen LogP contribution is 2.47. The topological polar surface area (TPSA) is 46.5 Å². The number of likely N-dealkylation sites (N-methyl/N-ethyl adjacent to an activating group) is 1. The summed E-state index contributed by atoms with van der Waals surface area (Å²) >= 11 is 0. The largest absolute Gasteiger partial charge is 0.487 e. The number of nitrogens with one attached hydrogen (secondary N) is 1. The lowest BCUT2D eigenvalue weighted by Crippen LogP contribution is -2.48. The van der Waals surface area contributed by atoms with E-state index in [0.29, 0.717) is 13.2 Å². The van der Waals surface area contributed by atoms with E-state index < -0.39 is 0 Å². The van der Waals surface area contributed by atoms with Crippen LogP contribution >= 0.6 is 0 Å². The second-order valence-electron chi connectivity index (χ2n) is 6.67. The lowest BCUT2D eigenvalue weighted by molar-refractivity contribution is 0.267. The maximum Gasteiger partial charge on any atom is 0.251 e. The number of rotatable bonds is 3. The molecular weight excluding hydrogens is 314 g/mol. The van der Waals surface area contributed by atoms with E-state index in [4.69, 9.17) is 4.74 Å². The molecule has 5 heteroatoms. The van der Waals surface area contributed by atoms with Crippen molar-refractivity contribution < 1.29 is 4.74 Å². The molecule has 2 aromatic rings. The first-order valence-electron chi connectivity index (χ1n) is 8.71. The second-order valence-corrected chi connectivity index (χ2v) is 6.67. The maximum absolute atomic E-state index is 12.5. The zero-order valence-corrected chi connectivity index (χ0v) is 14.9. The molecule has 3 heterocycles. The van der Waals surface area contributed by atoms with Gasteiger partial charge in [-0.1, -0.05) is 12.7 Å². The molecule has 2 aliphatic rings. The average Bonchev–Trinajstić information content (AvgIpc) is 2.59. The molecule has 5 nitrogen and oxygen atoms in total. The molecule has 0 amide bonds. The second kappa shape index (κ2) is 5.77. The molecular formula is C20H23N3O2. The Hall–Kier alpha value is -2.53. The molecule has 1 atom stereocenters. The van der Waals surface area contributed by atoms with Crippen molar-refractivity contribution in [2.45, 2.75) is 26.4 Å². The van der Waals surface area contributed by atoms with Gasteiger partial charge in [0, 0.05) is 35.8 Å². The molecule has 130 valence electrons. The summed E-state index contributed by atoms with van der Waals surface area (Å²) in [5.41, 5.74) is 4.98. The summed E-state index contributed by atoms with van der Waals surface area (Å²) < 4.78 is 8.03. The first-order chi connectivity index (χ1) is 12.1. The fraction of sp³-hybridized carbons (Fsp3) is 0.350. The van der Waals surface area contributed by atoms with Gasteiger partial charge in [0.2, 0.25) is 0 Å². The lowest BCUT2D eigenvalue weighted by atomic mass is 9.96. The van der Waals surface area contributed by atoms with Gasteiger partial charge >= 0.3 is 0 Å². The highest BCUT2D eigenvalue weighted by atomic mass is 16.5. The fourth-order valence-electron chi connectivity index (χ4n) is 3.97. The van der Waals surface area contributed by atoms with Crippen LogP contribution in [0.1, 0.15) is 18.1 Å². The average molecular weight is 337 g/mol. The van der Waals surface area contributed by atoms with Crippen LogP contribution in [0.15, 0.2) is 35.3 Å². The molecule has 1 aromatic carbocycles. The molecule has 1 aromatic heterocycles. The van der Waals surface area contributed by atoms with Crippen LogP contribution in [0, 0.1) is 6.92 Å². The fourth-order valence-corrected chi connectivity index (χ4v) is 3.97. The van der Waals surface area contributed by atoms with Crippen LogP contribution in [0.3, 0.4) is 0 Å². The predicted octanol–water partition coefficient (Wildman–Crippen LogP) is 2.66. The quantitative estimate of drug-likeness (QED) is 0.935. The number of nitrogens with zero attached hydrogens (tertiary/aromatic N) is 2. The number of pyridine rings is 1. The summed E-state index contributed by atoms with van der Waals surface area (Å²) in [6.07, 6.45) is 4.14. The Bertz CT molecular complexity index is 971. The van der Waals surface area contributed by atoms with Gasteiger partial charge in [0.05, 0.1) is 17.2 Å². The molecule has 0 saturated carbocycles. The van der Waals surface area contributed by atoms with Crippen molar-refractivity contribution in [2.75, 3.05) is 25.1 Å². The van der Waals surface area contributed by atoms with Crippen LogP contribution in [-0.2, 0) is 6.54 Å². The van der Waals surface area contributed by atoms with E-state index in [2.05, 4.69) is 35.0 Å². The van der Waals surface area contributed by atoms with Gasteiger partial charge in [0.15, 0.2) is 5.75 Å². The predicted molar refractivity (Wildman–Crippen MR) is 102 cm³/mol. The number of ether oxygens (including phenoxy) is 1. The molecule has 0 spiro atoms. The minimum absolute atomic E-state index is 0.0152. The van der Waals surface area contributed by atoms with E-state index >= 15 is 0 Å². The first kappa shape index (κ1) is 16.0. The van der Waals surface area contributed by atoms with Crippen LogP contribution in [0.25, 0.3) is 17.0 Å². The van der Waals surface area contributed by atoms with Gasteiger partial charge in [-0.2, -0.15) is 0 Å². The van der Waals surface area contributed by atoms with Gasteiger partial charge in [-0.15, -0.1) is 0 Å². The Morgan fingerprint density at radius 3 is 2.88 bits per heavy atom. The third-order valence-corrected chi connectivity index (χ3v) is 5.11. The van der Waals surface area contributed by atoms with Crippen LogP contribution in [0.4, 0.5) is 5.69 Å². The monoisotopic (exact) mass is 337 g/mol.